The highest BCUT2D eigenvalue weighted by Crippen LogP contribution is 1.92. The van der Waals surface area contributed by atoms with Crippen LogP contribution in [0.4, 0.5) is 0 Å². The van der Waals surface area contributed by atoms with E-state index in [9.17, 15) is 4.79 Å². The van der Waals surface area contributed by atoms with Gasteiger partial charge in [0, 0.05) is 0 Å². The van der Waals surface area contributed by atoms with E-state index >= 15 is 0 Å². The summed E-state index contributed by atoms with van der Waals surface area (Å²) in [7, 11) is 0. The predicted octanol–water partition coefficient (Wildman–Crippen LogP) is 0.486. The van der Waals surface area contributed by atoms with E-state index < -0.39 is 12.6 Å². The fraction of sp³-hybridized carbons (Fsp3) is 0.571. The Labute approximate surface area is 60.3 Å². The predicted molar refractivity (Wildman–Crippen MR) is 37.5 cm³/mol. The summed E-state index contributed by atoms with van der Waals surface area (Å²) in [6.45, 7) is 3.01. The van der Waals surface area contributed by atoms with Gasteiger partial charge in [-0.3, -0.25) is 0 Å². The third-order valence-corrected chi connectivity index (χ3v) is 0.910. The van der Waals surface area contributed by atoms with E-state index in [1.54, 1.807) is 19.1 Å². The number of esters is 1. The van der Waals surface area contributed by atoms with Crippen molar-refractivity contribution in [2.45, 2.75) is 20.0 Å². The Kier molecular flexibility index (Phi) is 4.58. The Hall–Kier alpha value is -0.830. The second kappa shape index (κ2) is 4.99. The number of aliphatic hydroxyl groups is 1. The zero-order valence-corrected chi connectivity index (χ0v) is 6.20. The number of hydrogen-bond acceptors (Lipinski definition) is 3. The van der Waals surface area contributed by atoms with Crippen LogP contribution in [0.2, 0.25) is 0 Å². The monoisotopic (exact) mass is 144 g/mol. The van der Waals surface area contributed by atoms with Crippen LogP contribution in [-0.2, 0) is 9.53 Å². The van der Waals surface area contributed by atoms with Crippen LogP contribution < -0.4 is 0 Å². The molecule has 0 spiro atoms. The Balaban J connectivity index is 3.57. The molecular formula is C7H12O3. The molecule has 0 fully saturated rings. The molecule has 0 aliphatic carbocycles. The highest BCUT2D eigenvalue weighted by atomic mass is 16.6. The van der Waals surface area contributed by atoms with E-state index in [1.807, 2.05) is 6.92 Å². The fourth-order valence-corrected chi connectivity index (χ4v) is 0.555. The van der Waals surface area contributed by atoms with Crippen molar-refractivity contribution in [3.63, 3.8) is 0 Å². The van der Waals surface area contributed by atoms with Gasteiger partial charge in [0.2, 0.25) is 0 Å². The number of hydrogen-bond donors (Lipinski definition) is 1. The molecule has 3 nitrogen and oxygen atoms in total. The number of ether oxygens (including phenoxy) is 1. The van der Waals surface area contributed by atoms with E-state index in [0.29, 0.717) is 0 Å². The molecule has 0 radical (unpaired) electrons. The molecule has 0 aliphatic rings. The van der Waals surface area contributed by atoms with Crippen LogP contribution in [0.1, 0.15) is 13.8 Å². The van der Waals surface area contributed by atoms with E-state index in [2.05, 4.69) is 4.74 Å². The summed E-state index contributed by atoms with van der Waals surface area (Å²) in [5.74, 6) is -0.592. The second-order valence-corrected chi connectivity index (χ2v) is 1.88. The van der Waals surface area contributed by atoms with Gasteiger partial charge in [0.1, 0.15) is 12.7 Å². The van der Waals surface area contributed by atoms with Crippen LogP contribution in [0, 0.1) is 0 Å². The van der Waals surface area contributed by atoms with Crippen molar-refractivity contribution in [3.05, 3.63) is 12.2 Å². The van der Waals surface area contributed by atoms with Crippen LogP contribution in [0.3, 0.4) is 0 Å². The van der Waals surface area contributed by atoms with Gasteiger partial charge in [-0.15, -0.1) is 0 Å². The summed E-state index contributed by atoms with van der Waals surface area (Å²) in [6.07, 6.45) is 3.27. The van der Waals surface area contributed by atoms with Gasteiger partial charge in [-0.05, 0) is 19.9 Å². The molecule has 0 aromatic rings. The molecule has 0 aromatic carbocycles. The van der Waals surface area contributed by atoms with Crippen molar-refractivity contribution in [2.24, 2.45) is 0 Å². The Morgan fingerprint density at radius 1 is 1.80 bits per heavy atom. The lowest BCUT2D eigenvalue weighted by Crippen LogP contribution is -2.15. The van der Waals surface area contributed by atoms with Gasteiger partial charge in [-0.2, -0.15) is 0 Å². The quantitative estimate of drug-likeness (QED) is 0.463. The van der Waals surface area contributed by atoms with Gasteiger partial charge in [-0.25, -0.2) is 4.79 Å². The van der Waals surface area contributed by atoms with Gasteiger partial charge in [-0.1, -0.05) is 6.08 Å². The lowest BCUT2D eigenvalue weighted by atomic mass is 10.3. The maximum atomic E-state index is 10.4. The molecule has 0 amide bonds. The minimum Gasteiger partial charge on any atom is -0.457 e. The third-order valence-electron chi connectivity index (χ3n) is 0.910. The average molecular weight is 144 g/mol. The summed E-state index contributed by atoms with van der Waals surface area (Å²) in [5, 5.41) is 8.25. The van der Waals surface area contributed by atoms with Crippen molar-refractivity contribution < 1.29 is 14.6 Å². The van der Waals surface area contributed by atoms with Gasteiger partial charge in [0.25, 0.3) is 0 Å². The molecule has 1 unspecified atom stereocenters. The Morgan fingerprint density at radius 3 is 2.80 bits per heavy atom. The molecule has 3 heteroatoms. The first-order valence-electron chi connectivity index (χ1n) is 3.14. The number of allylic oxidation sites excluding steroid dienone is 1. The number of carbonyl (C=O) groups is 1. The van der Waals surface area contributed by atoms with Crippen molar-refractivity contribution >= 4 is 5.97 Å². The van der Waals surface area contributed by atoms with Gasteiger partial charge >= 0.3 is 5.97 Å². The van der Waals surface area contributed by atoms with Crippen LogP contribution >= 0.6 is 0 Å². The first-order chi connectivity index (χ1) is 4.70. The summed E-state index contributed by atoms with van der Waals surface area (Å²) < 4.78 is 4.66. The third kappa shape index (κ3) is 4.09. The average Bonchev–Trinajstić information content (AvgIpc) is 1.88. The molecule has 0 saturated heterocycles. The summed E-state index contributed by atoms with van der Waals surface area (Å²) in [4.78, 5) is 10.4. The lowest BCUT2D eigenvalue weighted by Gasteiger charge is -2.05. The number of aliphatic hydroxyl groups excluding tert-OH is 1. The molecule has 1 atom stereocenters. The van der Waals surface area contributed by atoms with Crippen LogP contribution in [-0.4, -0.2) is 23.8 Å². The fourth-order valence-electron chi connectivity index (χ4n) is 0.555. The highest BCUT2D eigenvalue weighted by Gasteiger charge is 2.02. The Bertz CT molecular complexity index is 129. The first-order valence-corrected chi connectivity index (χ1v) is 3.14. The van der Waals surface area contributed by atoms with Crippen molar-refractivity contribution in [1.82, 2.24) is 0 Å². The number of carbonyl (C=O) groups excluding carboxylic acids is 1. The molecule has 0 aliphatic heterocycles. The lowest BCUT2D eigenvalue weighted by molar-refractivity contribution is -0.149. The summed E-state index contributed by atoms with van der Waals surface area (Å²) in [6, 6.07) is 0. The smallest absolute Gasteiger partial charge is 0.332 e. The molecule has 0 rings (SSSR count). The van der Waals surface area contributed by atoms with Crippen molar-refractivity contribution in [3.8, 4) is 0 Å². The highest BCUT2D eigenvalue weighted by molar-refractivity contribution is 5.70. The largest absolute Gasteiger partial charge is 0.457 e. The molecule has 58 valence electrons. The topological polar surface area (TPSA) is 46.5 Å². The van der Waals surface area contributed by atoms with E-state index in [1.165, 1.54) is 0 Å². The molecule has 10 heavy (non-hydrogen) atoms. The van der Waals surface area contributed by atoms with Gasteiger partial charge < -0.3 is 9.84 Å². The zero-order chi connectivity index (χ0) is 7.98. The van der Waals surface area contributed by atoms with Gasteiger partial charge in [0.15, 0.2) is 0 Å². The Morgan fingerprint density at radius 2 is 2.40 bits per heavy atom. The molecule has 1 N–H and O–H groups in total. The van der Waals surface area contributed by atoms with Crippen LogP contribution in [0.15, 0.2) is 12.2 Å². The summed E-state index contributed by atoms with van der Waals surface area (Å²) >= 11 is 0. The number of rotatable bonds is 3. The van der Waals surface area contributed by atoms with Crippen molar-refractivity contribution in [2.75, 3.05) is 6.61 Å². The van der Waals surface area contributed by atoms with E-state index in [0.717, 1.165) is 0 Å². The minimum absolute atomic E-state index is 0.246. The maximum Gasteiger partial charge on any atom is 0.332 e. The molecule has 0 bridgehead atoms. The maximum absolute atomic E-state index is 10.4. The van der Waals surface area contributed by atoms with Crippen molar-refractivity contribution in [1.29, 1.82) is 0 Å². The standard InChI is InChI=1S/C7H12O3/c1-3-4-6(2)10-7(9)5-8/h3-4,6,8H,5H2,1-2H3/b4-3+. The SMILES string of the molecule is C/C=C/C(C)OC(=O)CO. The summed E-state index contributed by atoms with van der Waals surface area (Å²) in [5.41, 5.74) is 0. The zero-order valence-electron chi connectivity index (χ0n) is 6.20. The minimum atomic E-state index is -0.592. The van der Waals surface area contributed by atoms with E-state index in [-0.39, 0.29) is 6.10 Å². The van der Waals surface area contributed by atoms with Crippen LogP contribution in [0.25, 0.3) is 0 Å². The molecule has 0 heterocycles. The molecular weight excluding hydrogens is 132 g/mol. The first kappa shape index (κ1) is 9.17. The van der Waals surface area contributed by atoms with Gasteiger partial charge in [0.05, 0.1) is 0 Å². The van der Waals surface area contributed by atoms with E-state index in [4.69, 9.17) is 5.11 Å². The van der Waals surface area contributed by atoms with Crippen LogP contribution in [0.5, 0.6) is 0 Å². The molecule has 0 aromatic heterocycles. The molecule has 0 saturated carbocycles. The normalized spacial score (nSPS) is 13.5. The second-order valence-electron chi connectivity index (χ2n) is 1.88.